The fourth-order valence-corrected chi connectivity index (χ4v) is 0.499. The summed E-state index contributed by atoms with van der Waals surface area (Å²) in [5.41, 5.74) is 0. The van der Waals surface area contributed by atoms with Crippen LogP contribution in [0.1, 0.15) is 5.76 Å². The van der Waals surface area contributed by atoms with E-state index in [9.17, 15) is 18.0 Å². The molecule has 0 spiro atoms. The first-order valence-corrected chi connectivity index (χ1v) is 2.66. The molecule has 64 valence electrons. The average Bonchev–Trinajstić information content (AvgIpc) is 2.35. The molecule has 1 aromatic rings. The lowest BCUT2D eigenvalue weighted by atomic mass is 10.4. The van der Waals surface area contributed by atoms with Crippen molar-refractivity contribution in [3.05, 3.63) is 11.8 Å². The zero-order valence-corrected chi connectivity index (χ0v) is 5.42. The van der Waals surface area contributed by atoms with E-state index >= 15 is 0 Å². The van der Waals surface area contributed by atoms with Crippen molar-refractivity contribution in [3.8, 4) is 0 Å². The second-order valence-electron chi connectivity index (χ2n) is 1.75. The van der Waals surface area contributed by atoms with Crippen molar-refractivity contribution in [2.24, 2.45) is 4.99 Å². The number of nitrogens with zero attached hydrogens (tertiary/aromatic N) is 2. The van der Waals surface area contributed by atoms with Gasteiger partial charge in [-0.2, -0.15) is 13.2 Å². The van der Waals surface area contributed by atoms with Crippen LogP contribution in [0.4, 0.5) is 19.0 Å². The van der Waals surface area contributed by atoms with Gasteiger partial charge in [-0.1, -0.05) is 5.16 Å². The lowest BCUT2D eigenvalue weighted by molar-refractivity contribution is -0.155. The Morgan fingerprint density at radius 2 is 2.25 bits per heavy atom. The van der Waals surface area contributed by atoms with Gasteiger partial charge in [0.2, 0.25) is 17.7 Å². The summed E-state index contributed by atoms with van der Waals surface area (Å²) in [6.07, 6.45) is -3.57. The smallest absolute Gasteiger partial charge is 0.349 e. The zero-order valence-electron chi connectivity index (χ0n) is 5.42. The minimum Gasteiger partial charge on any atom is -0.349 e. The Hall–Kier alpha value is -1.62. The molecule has 0 radical (unpaired) electrons. The lowest BCUT2D eigenvalue weighted by Gasteiger charge is -1.96. The third-order valence-electron chi connectivity index (χ3n) is 0.937. The Kier molecular flexibility index (Phi) is 1.97. The van der Waals surface area contributed by atoms with E-state index in [4.69, 9.17) is 0 Å². The maximum absolute atomic E-state index is 11.8. The average molecular weight is 178 g/mol. The van der Waals surface area contributed by atoms with Gasteiger partial charge >= 0.3 is 6.18 Å². The summed E-state index contributed by atoms with van der Waals surface area (Å²) in [6.45, 7) is 0. The van der Waals surface area contributed by atoms with E-state index in [2.05, 4.69) is 14.7 Å². The second kappa shape index (κ2) is 2.78. The molecule has 12 heavy (non-hydrogen) atoms. The molecule has 7 heteroatoms. The molecule has 0 bridgehead atoms. The van der Waals surface area contributed by atoms with Gasteiger partial charge in [-0.3, -0.25) is 0 Å². The highest BCUT2D eigenvalue weighted by Crippen LogP contribution is 2.31. The predicted octanol–water partition coefficient (Wildman–Crippen LogP) is 1.66. The molecule has 0 atom stereocenters. The summed E-state index contributed by atoms with van der Waals surface area (Å²) in [6, 6.07) is 0.505. The van der Waals surface area contributed by atoms with Crippen LogP contribution in [0.3, 0.4) is 0 Å². The molecule has 0 aromatic carbocycles. The monoisotopic (exact) mass is 178 g/mol. The third-order valence-corrected chi connectivity index (χ3v) is 0.937. The minimum absolute atomic E-state index is 0.447. The topological polar surface area (TPSA) is 55.5 Å². The maximum Gasteiger partial charge on any atom is 0.452 e. The Morgan fingerprint density at radius 3 is 2.67 bits per heavy atom. The van der Waals surface area contributed by atoms with Crippen molar-refractivity contribution in [2.75, 3.05) is 0 Å². The minimum atomic E-state index is -4.61. The van der Waals surface area contributed by atoms with Crippen LogP contribution < -0.4 is 0 Å². The van der Waals surface area contributed by atoms with Crippen LogP contribution in [0.25, 0.3) is 0 Å². The fourth-order valence-electron chi connectivity index (χ4n) is 0.499. The first kappa shape index (κ1) is 8.48. The maximum atomic E-state index is 11.8. The molecular weight excluding hydrogens is 177 g/mol. The van der Waals surface area contributed by atoms with Gasteiger partial charge in [0.25, 0.3) is 0 Å². The number of isocyanates is 1. The number of aliphatic imine (C=N–C) groups is 1. The number of aromatic nitrogens is 1. The van der Waals surface area contributed by atoms with Crippen LogP contribution >= 0.6 is 0 Å². The Balaban J connectivity index is 2.99. The summed E-state index contributed by atoms with van der Waals surface area (Å²) < 4.78 is 39.1. The summed E-state index contributed by atoms with van der Waals surface area (Å²) in [4.78, 5) is 12.4. The van der Waals surface area contributed by atoms with E-state index in [1.54, 1.807) is 0 Å². The van der Waals surface area contributed by atoms with Gasteiger partial charge < -0.3 is 4.52 Å². The molecule has 0 fully saturated rings. The SMILES string of the molecule is O=C=Nc1cc(C(F)(F)F)on1. The summed E-state index contributed by atoms with van der Waals surface area (Å²) >= 11 is 0. The summed E-state index contributed by atoms with van der Waals surface area (Å²) in [5.74, 6) is -1.74. The van der Waals surface area contributed by atoms with Crippen LogP contribution in [-0.2, 0) is 11.0 Å². The van der Waals surface area contributed by atoms with Crippen LogP contribution in [-0.4, -0.2) is 11.2 Å². The third kappa shape index (κ3) is 1.70. The molecule has 0 aliphatic heterocycles. The van der Waals surface area contributed by atoms with Crippen molar-refractivity contribution in [3.63, 3.8) is 0 Å². The van der Waals surface area contributed by atoms with Crippen molar-refractivity contribution < 1.29 is 22.5 Å². The van der Waals surface area contributed by atoms with E-state index in [0.29, 0.717) is 6.07 Å². The first-order valence-electron chi connectivity index (χ1n) is 2.66. The van der Waals surface area contributed by atoms with E-state index in [0.717, 1.165) is 6.08 Å². The number of halogens is 3. The Bertz CT molecular complexity index is 324. The molecule has 0 unspecified atom stereocenters. The Labute approximate surface area is 63.7 Å². The molecule has 1 heterocycles. The van der Waals surface area contributed by atoms with Gasteiger partial charge in [0.1, 0.15) is 0 Å². The van der Waals surface area contributed by atoms with Crippen LogP contribution in [0.5, 0.6) is 0 Å². The van der Waals surface area contributed by atoms with Gasteiger partial charge in [-0.05, 0) is 0 Å². The Morgan fingerprint density at radius 1 is 1.58 bits per heavy atom. The van der Waals surface area contributed by atoms with Crippen molar-refractivity contribution >= 4 is 11.9 Å². The van der Waals surface area contributed by atoms with E-state index in [1.807, 2.05) is 0 Å². The molecule has 0 amide bonds. The van der Waals surface area contributed by atoms with Crippen molar-refractivity contribution in [1.82, 2.24) is 5.16 Å². The van der Waals surface area contributed by atoms with Gasteiger partial charge in [-0.25, -0.2) is 4.79 Å². The first-order chi connectivity index (χ1) is 5.54. The zero-order chi connectivity index (χ0) is 9.19. The standard InChI is InChI=1S/C5HF3N2O2/c6-5(7,8)3-1-4(9-2-11)10-12-3/h1H. The molecule has 0 saturated heterocycles. The van der Waals surface area contributed by atoms with E-state index in [1.165, 1.54) is 0 Å². The molecular formula is C5HF3N2O2. The van der Waals surface area contributed by atoms with Gasteiger partial charge in [0, 0.05) is 6.07 Å². The highest BCUT2D eigenvalue weighted by molar-refractivity contribution is 5.44. The predicted molar refractivity (Wildman–Crippen MR) is 29.3 cm³/mol. The van der Waals surface area contributed by atoms with E-state index in [-0.39, 0.29) is 0 Å². The fraction of sp³-hybridized carbons (Fsp3) is 0.200. The molecule has 1 rings (SSSR count). The molecule has 0 N–H and O–H groups in total. The number of rotatable bonds is 1. The normalized spacial score (nSPS) is 10.9. The molecule has 4 nitrogen and oxygen atoms in total. The van der Waals surface area contributed by atoms with Gasteiger partial charge in [0.05, 0.1) is 0 Å². The van der Waals surface area contributed by atoms with Crippen molar-refractivity contribution in [2.45, 2.75) is 6.18 Å². The van der Waals surface area contributed by atoms with Crippen LogP contribution in [0.2, 0.25) is 0 Å². The van der Waals surface area contributed by atoms with Gasteiger partial charge in [-0.15, -0.1) is 4.99 Å². The van der Waals surface area contributed by atoms with Gasteiger partial charge in [0.15, 0.2) is 0 Å². The number of hydrogen-bond donors (Lipinski definition) is 0. The number of hydrogen-bond acceptors (Lipinski definition) is 4. The van der Waals surface area contributed by atoms with Crippen LogP contribution in [0, 0.1) is 0 Å². The molecule has 0 aliphatic rings. The summed E-state index contributed by atoms with van der Waals surface area (Å²) in [5, 5.41) is 2.85. The molecule has 0 saturated carbocycles. The van der Waals surface area contributed by atoms with Crippen LogP contribution in [0.15, 0.2) is 15.6 Å². The van der Waals surface area contributed by atoms with E-state index < -0.39 is 17.8 Å². The molecule has 0 aliphatic carbocycles. The quantitative estimate of drug-likeness (QED) is 0.485. The molecule has 1 aromatic heterocycles. The summed E-state index contributed by atoms with van der Waals surface area (Å²) in [7, 11) is 0. The lowest BCUT2D eigenvalue weighted by Crippen LogP contribution is -2.01. The number of carbonyl (C=O) groups excluding carboxylic acids is 1. The second-order valence-corrected chi connectivity index (χ2v) is 1.75. The highest BCUT2D eigenvalue weighted by Gasteiger charge is 2.36. The highest BCUT2D eigenvalue weighted by atomic mass is 19.4. The number of alkyl halides is 3. The van der Waals surface area contributed by atoms with Crippen molar-refractivity contribution in [1.29, 1.82) is 0 Å². The largest absolute Gasteiger partial charge is 0.452 e.